The van der Waals surface area contributed by atoms with Crippen molar-refractivity contribution in [3.05, 3.63) is 83.4 Å². The maximum atomic E-state index is 11.5. The predicted octanol–water partition coefficient (Wildman–Crippen LogP) is 4.72. The van der Waals surface area contributed by atoms with Crippen LogP contribution in [0, 0.1) is 11.3 Å². The predicted molar refractivity (Wildman–Crippen MR) is 107 cm³/mol. The summed E-state index contributed by atoms with van der Waals surface area (Å²) in [6, 6.07) is 19.6. The maximum absolute atomic E-state index is 11.5. The number of benzene rings is 3. The Kier molecular flexibility index (Phi) is 6.30. The molecule has 3 rings (SSSR count). The maximum Gasteiger partial charge on any atom is 0.337 e. The molecular weight excluding hydrogens is 386 g/mol. The van der Waals surface area contributed by atoms with Gasteiger partial charge in [0, 0.05) is 6.07 Å². The third-order valence-corrected chi connectivity index (χ3v) is 4.03. The highest BCUT2D eigenvalue weighted by atomic mass is 16.5. The molecule has 30 heavy (non-hydrogen) atoms. The van der Waals surface area contributed by atoms with Crippen LogP contribution in [-0.4, -0.2) is 26.2 Å². The fourth-order valence-electron chi connectivity index (χ4n) is 2.58. The average molecular weight is 403 g/mol. The van der Waals surface area contributed by atoms with Crippen LogP contribution in [0.25, 0.3) is 0 Å². The Morgan fingerprint density at radius 3 is 1.40 bits per heavy atom. The fraction of sp³-hybridized carbons (Fsp3) is 0.0870. The van der Waals surface area contributed by atoms with Crippen LogP contribution in [-0.2, 0) is 9.47 Å². The number of methoxy groups -OCH3 is 2. The molecule has 0 saturated heterocycles. The van der Waals surface area contributed by atoms with E-state index in [4.69, 9.17) is 9.47 Å². The first-order valence-electron chi connectivity index (χ1n) is 8.80. The minimum Gasteiger partial charge on any atom is -0.465 e. The van der Waals surface area contributed by atoms with Gasteiger partial charge in [-0.25, -0.2) is 9.59 Å². The highest BCUT2D eigenvalue weighted by molar-refractivity contribution is 5.89. The van der Waals surface area contributed by atoms with Crippen molar-refractivity contribution in [2.45, 2.75) is 0 Å². The second-order valence-electron chi connectivity index (χ2n) is 6.04. The Balaban J connectivity index is 1.79. The first kappa shape index (κ1) is 20.4. The summed E-state index contributed by atoms with van der Waals surface area (Å²) in [6.45, 7) is 0. The van der Waals surface area contributed by atoms with Gasteiger partial charge in [-0.05, 0) is 60.7 Å². The zero-order chi connectivity index (χ0) is 21.5. The van der Waals surface area contributed by atoms with Gasteiger partial charge in [-0.3, -0.25) is 0 Å². The lowest BCUT2D eigenvalue weighted by molar-refractivity contribution is 0.0592. The quantitative estimate of drug-likeness (QED) is 0.550. The van der Waals surface area contributed by atoms with Gasteiger partial charge in [-0.2, -0.15) is 5.26 Å². The van der Waals surface area contributed by atoms with Crippen molar-refractivity contribution < 1.29 is 28.5 Å². The zero-order valence-electron chi connectivity index (χ0n) is 16.2. The van der Waals surface area contributed by atoms with Crippen LogP contribution < -0.4 is 9.47 Å². The molecule has 0 spiro atoms. The van der Waals surface area contributed by atoms with E-state index in [1.807, 2.05) is 0 Å². The highest BCUT2D eigenvalue weighted by Crippen LogP contribution is 2.30. The van der Waals surface area contributed by atoms with Gasteiger partial charge < -0.3 is 18.9 Å². The molecule has 0 bridgehead atoms. The zero-order valence-corrected chi connectivity index (χ0v) is 16.2. The standard InChI is InChI=1S/C23H17NO6/c1-27-22(25)16-3-7-18(8-4-16)29-20-11-15(14-24)12-21(13-20)30-19-9-5-17(6-10-19)23(26)28-2/h3-13H,1-2H3. The molecule has 0 aliphatic carbocycles. The van der Waals surface area contributed by atoms with Gasteiger partial charge in [-0.15, -0.1) is 0 Å². The van der Waals surface area contributed by atoms with Gasteiger partial charge in [0.15, 0.2) is 0 Å². The molecule has 0 atom stereocenters. The van der Waals surface area contributed by atoms with Crippen LogP contribution in [0.15, 0.2) is 66.7 Å². The van der Waals surface area contributed by atoms with E-state index in [1.54, 1.807) is 66.7 Å². The first-order valence-corrected chi connectivity index (χ1v) is 8.80. The van der Waals surface area contributed by atoms with E-state index in [0.29, 0.717) is 39.7 Å². The monoisotopic (exact) mass is 403 g/mol. The SMILES string of the molecule is COC(=O)c1ccc(Oc2cc(C#N)cc(Oc3ccc(C(=O)OC)cc3)c2)cc1. The van der Waals surface area contributed by atoms with Crippen molar-refractivity contribution in [1.82, 2.24) is 0 Å². The molecule has 0 N–H and O–H groups in total. The van der Waals surface area contributed by atoms with E-state index in [2.05, 4.69) is 15.5 Å². The van der Waals surface area contributed by atoms with Gasteiger partial charge in [0.25, 0.3) is 0 Å². The van der Waals surface area contributed by atoms with Gasteiger partial charge in [0.1, 0.15) is 23.0 Å². The molecule has 0 fully saturated rings. The minimum atomic E-state index is -0.443. The van der Waals surface area contributed by atoms with E-state index in [9.17, 15) is 14.9 Å². The van der Waals surface area contributed by atoms with Crippen LogP contribution in [0.1, 0.15) is 26.3 Å². The van der Waals surface area contributed by atoms with Gasteiger partial charge >= 0.3 is 11.9 Å². The largest absolute Gasteiger partial charge is 0.465 e. The molecule has 150 valence electrons. The Bertz CT molecular complexity index is 1020. The number of hydrogen-bond donors (Lipinski definition) is 0. The summed E-state index contributed by atoms with van der Waals surface area (Å²) in [5.41, 5.74) is 1.14. The van der Waals surface area contributed by atoms with Crippen LogP contribution in [0.2, 0.25) is 0 Å². The second kappa shape index (κ2) is 9.26. The van der Waals surface area contributed by atoms with E-state index in [1.165, 1.54) is 14.2 Å². The Morgan fingerprint density at radius 2 is 1.07 bits per heavy atom. The molecule has 7 nitrogen and oxygen atoms in total. The molecule has 0 heterocycles. The van der Waals surface area contributed by atoms with Crippen LogP contribution >= 0.6 is 0 Å². The fourth-order valence-corrected chi connectivity index (χ4v) is 2.58. The van der Waals surface area contributed by atoms with Crippen molar-refractivity contribution in [2.75, 3.05) is 14.2 Å². The number of carbonyl (C=O) groups is 2. The smallest absolute Gasteiger partial charge is 0.337 e. The molecule has 0 amide bonds. The highest BCUT2D eigenvalue weighted by Gasteiger charge is 2.09. The Morgan fingerprint density at radius 1 is 0.667 bits per heavy atom. The van der Waals surface area contributed by atoms with E-state index < -0.39 is 11.9 Å². The number of esters is 2. The molecular formula is C23H17NO6. The summed E-state index contributed by atoms with van der Waals surface area (Å²) in [4.78, 5) is 23.0. The number of nitriles is 1. The van der Waals surface area contributed by atoms with Crippen molar-refractivity contribution in [2.24, 2.45) is 0 Å². The summed E-state index contributed by atoms with van der Waals surface area (Å²) < 4.78 is 20.9. The lowest BCUT2D eigenvalue weighted by Crippen LogP contribution is -2.00. The molecule has 3 aromatic rings. The van der Waals surface area contributed by atoms with Crippen LogP contribution in [0.5, 0.6) is 23.0 Å². The second-order valence-corrected chi connectivity index (χ2v) is 6.04. The van der Waals surface area contributed by atoms with Crippen LogP contribution in [0.3, 0.4) is 0 Å². The number of nitrogens with zero attached hydrogens (tertiary/aromatic N) is 1. The summed E-state index contributed by atoms with van der Waals surface area (Å²) >= 11 is 0. The molecule has 3 aromatic carbocycles. The van der Waals surface area contributed by atoms with Crippen molar-refractivity contribution in [3.8, 4) is 29.1 Å². The van der Waals surface area contributed by atoms with E-state index >= 15 is 0 Å². The third-order valence-electron chi connectivity index (χ3n) is 4.03. The average Bonchev–Trinajstić information content (AvgIpc) is 2.78. The molecule has 0 saturated carbocycles. The van der Waals surface area contributed by atoms with Gasteiger partial charge in [-0.1, -0.05) is 0 Å². The normalized spacial score (nSPS) is 9.90. The lowest BCUT2D eigenvalue weighted by atomic mass is 10.2. The summed E-state index contributed by atoms with van der Waals surface area (Å²) in [6.07, 6.45) is 0. The Labute approximate surface area is 173 Å². The van der Waals surface area contributed by atoms with Gasteiger partial charge in [0.2, 0.25) is 0 Å². The van der Waals surface area contributed by atoms with E-state index in [-0.39, 0.29) is 0 Å². The molecule has 0 unspecified atom stereocenters. The van der Waals surface area contributed by atoms with Gasteiger partial charge in [0.05, 0.1) is 37.0 Å². The first-order chi connectivity index (χ1) is 14.5. The molecule has 0 aliphatic heterocycles. The lowest BCUT2D eigenvalue weighted by Gasteiger charge is -2.11. The van der Waals surface area contributed by atoms with Crippen molar-refractivity contribution in [3.63, 3.8) is 0 Å². The van der Waals surface area contributed by atoms with Crippen LogP contribution in [0.4, 0.5) is 0 Å². The Hall–Kier alpha value is -4.31. The number of carbonyl (C=O) groups excluding carboxylic acids is 2. The van der Waals surface area contributed by atoms with Crippen molar-refractivity contribution in [1.29, 1.82) is 5.26 Å². The summed E-state index contributed by atoms with van der Waals surface area (Å²) in [5, 5.41) is 9.30. The minimum absolute atomic E-state index is 0.347. The number of rotatable bonds is 6. The molecule has 0 radical (unpaired) electrons. The molecule has 7 heteroatoms. The number of ether oxygens (including phenoxy) is 4. The van der Waals surface area contributed by atoms with E-state index in [0.717, 1.165) is 0 Å². The molecule has 0 aromatic heterocycles. The van der Waals surface area contributed by atoms with Crippen molar-refractivity contribution >= 4 is 11.9 Å². The number of hydrogen-bond acceptors (Lipinski definition) is 7. The third kappa shape index (κ3) is 4.94. The summed E-state index contributed by atoms with van der Waals surface area (Å²) in [7, 11) is 2.62. The topological polar surface area (TPSA) is 94.9 Å². The molecule has 0 aliphatic rings. The summed E-state index contributed by atoms with van der Waals surface area (Å²) in [5.74, 6) is 0.850.